The van der Waals surface area contributed by atoms with E-state index >= 15 is 0 Å². The lowest BCUT2D eigenvalue weighted by molar-refractivity contribution is 0.0460. The molecule has 168 valence electrons. The summed E-state index contributed by atoms with van der Waals surface area (Å²) in [4.78, 5) is 19.3. The monoisotopic (exact) mass is 456 g/mol. The maximum atomic E-state index is 13.8. The van der Waals surface area contributed by atoms with Gasteiger partial charge >= 0.3 is 0 Å². The van der Waals surface area contributed by atoms with Gasteiger partial charge in [0, 0.05) is 42.7 Å². The number of aryl methyl sites for hydroxylation is 1. The Morgan fingerprint density at radius 3 is 2.81 bits per heavy atom. The number of benzene rings is 1. The van der Waals surface area contributed by atoms with Gasteiger partial charge in [-0.15, -0.1) is 0 Å². The SMILES string of the molecule is Cc1ccc(F)cc1CN1C(=O)c2cc(-c3cc(NC(C)C)ncc3Cl)cn2CC1CO. The van der Waals surface area contributed by atoms with E-state index in [1.807, 2.05) is 43.7 Å². The standard InChI is InChI=1S/C24H26ClFN4O2/c1-14(2)28-23-8-20(21(25)9-27-23)17-7-22-24(32)30(19(13-31)12-29(22)10-17)11-16-6-18(26)5-4-15(16)3/h4-10,14,19,31H,11-13H2,1-3H3,(H,27,28). The van der Waals surface area contributed by atoms with Crippen LogP contribution in [0.5, 0.6) is 0 Å². The average molecular weight is 457 g/mol. The molecule has 1 aliphatic heterocycles. The van der Waals surface area contributed by atoms with Crippen molar-refractivity contribution >= 4 is 23.3 Å². The Morgan fingerprint density at radius 2 is 2.09 bits per heavy atom. The van der Waals surface area contributed by atoms with Gasteiger partial charge in [-0.1, -0.05) is 17.7 Å². The number of rotatable bonds is 6. The fourth-order valence-corrected chi connectivity index (χ4v) is 4.22. The number of hydrogen-bond acceptors (Lipinski definition) is 4. The molecule has 3 heterocycles. The van der Waals surface area contributed by atoms with Crippen LogP contribution in [0.15, 0.2) is 42.7 Å². The number of halogens is 2. The molecular formula is C24H26ClFN4O2. The van der Waals surface area contributed by atoms with Crippen molar-refractivity contribution in [2.45, 2.75) is 45.9 Å². The Hall–Kier alpha value is -2.90. The molecule has 6 nitrogen and oxygen atoms in total. The molecule has 4 rings (SSSR count). The summed E-state index contributed by atoms with van der Waals surface area (Å²) in [6.07, 6.45) is 3.47. The summed E-state index contributed by atoms with van der Waals surface area (Å²) in [5, 5.41) is 13.7. The maximum Gasteiger partial charge on any atom is 0.271 e. The normalized spacial score (nSPS) is 15.9. The zero-order valence-electron chi connectivity index (χ0n) is 18.3. The van der Waals surface area contributed by atoms with E-state index < -0.39 is 6.04 Å². The van der Waals surface area contributed by atoms with E-state index in [4.69, 9.17) is 11.6 Å². The summed E-state index contributed by atoms with van der Waals surface area (Å²) in [5.41, 5.74) is 3.69. The molecule has 0 bridgehead atoms. The molecule has 3 aromatic rings. The number of nitrogens with zero attached hydrogens (tertiary/aromatic N) is 3. The predicted molar refractivity (Wildman–Crippen MR) is 123 cm³/mol. The maximum absolute atomic E-state index is 13.8. The van der Waals surface area contributed by atoms with E-state index in [-0.39, 0.29) is 30.9 Å². The van der Waals surface area contributed by atoms with Crippen LogP contribution in [-0.2, 0) is 13.1 Å². The number of anilines is 1. The number of aliphatic hydroxyl groups is 1. The van der Waals surface area contributed by atoms with E-state index in [0.717, 1.165) is 22.3 Å². The van der Waals surface area contributed by atoms with Gasteiger partial charge in [0.15, 0.2) is 0 Å². The molecule has 0 fully saturated rings. The first-order valence-electron chi connectivity index (χ1n) is 10.6. The van der Waals surface area contributed by atoms with Crippen molar-refractivity contribution in [3.05, 3.63) is 70.4 Å². The van der Waals surface area contributed by atoms with Gasteiger partial charge in [0.05, 0.1) is 17.7 Å². The summed E-state index contributed by atoms with van der Waals surface area (Å²) >= 11 is 6.42. The van der Waals surface area contributed by atoms with Crippen molar-refractivity contribution in [1.29, 1.82) is 0 Å². The second-order valence-corrected chi connectivity index (χ2v) is 8.86. The molecule has 0 saturated heterocycles. The van der Waals surface area contributed by atoms with Crippen LogP contribution < -0.4 is 5.32 Å². The summed E-state index contributed by atoms with van der Waals surface area (Å²) in [6.45, 7) is 6.40. The fraction of sp³-hybridized carbons (Fsp3) is 0.333. The summed E-state index contributed by atoms with van der Waals surface area (Å²) in [7, 11) is 0. The highest BCUT2D eigenvalue weighted by atomic mass is 35.5. The zero-order chi connectivity index (χ0) is 23.0. The molecule has 32 heavy (non-hydrogen) atoms. The lowest BCUT2D eigenvalue weighted by atomic mass is 10.1. The van der Waals surface area contributed by atoms with Crippen molar-refractivity contribution in [2.75, 3.05) is 11.9 Å². The number of aliphatic hydroxyl groups excluding tert-OH is 1. The molecule has 1 atom stereocenters. The number of aromatic nitrogens is 2. The quantitative estimate of drug-likeness (QED) is 0.573. The smallest absolute Gasteiger partial charge is 0.271 e. The van der Waals surface area contributed by atoms with E-state index in [1.54, 1.807) is 17.2 Å². The van der Waals surface area contributed by atoms with Gasteiger partial charge in [0.2, 0.25) is 0 Å². The van der Waals surface area contributed by atoms with Crippen molar-refractivity contribution < 1.29 is 14.3 Å². The largest absolute Gasteiger partial charge is 0.394 e. The third-order valence-electron chi connectivity index (χ3n) is 5.69. The Morgan fingerprint density at radius 1 is 1.31 bits per heavy atom. The molecule has 1 amide bonds. The Labute approximate surface area is 191 Å². The van der Waals surface area contributed by atoms with Crippen LogP contribution in [0.4, 0.5) is 10.2 Å². The highest BCUT2D eigenvalue weighted by Crippen LogP contribution is 2.33. The fourth-order valence-electron chi connectivity index (χ4n) is 4.01. The van der Waals surface area contributed by atoms with E-state index in [0.29, 0.717) is 23.1 Å². The zero-order valence-corrected chi connectivity index (χ0v) is 19.0. The second-order valence-electron chi connectivity index (χ2n) is 8.46. The van der Waals surface area contributed by atoms with Crippen molar-refractivity contribution in [1.82, 2.24) is 14.5 Å². The first-order valence-corrected chi connectivity index (χ1v) is 10.9. The third kappa shape index (κ3) is 4.36. The minimum absolute atomic E-state index is 0.189. The van der Waals surface area contributed by atoms with Crippen LogP contribution in [-0.4, -0.2) is 44.2 Å². The number of fused-ring (bicyclic) bond motifs is 1. The molecule has 0 spiro atoms. The van der Waals surface area contributed by atoms with E-state index in [1.165, 1.54) is 12.1 Å². The van der Waals surface area contributed by atoms with Gasteiger partial charge in [0.1, 0.15) is 17.3 Å². The van der Waals surface area contributed by atoms with Crippen LogP contribution in [0.3, 0.4) is 0 Å². The topological polar surface area (TPSA) is 70.4 Å². The molecule has 1 unspecified atom stereocenters. The first kappa shape index (κ1) is 22.3. The van der Waals surface area contributed by atoms with Gasteiger partial charge in [-0.3, -0.25) is 4.79 Å². The number of carbonyl (C=O) groups is 1. The summed E-state index contributed by atoms with van der Waals surface area (Å²) < 4.78 is 15.6. The Bertz CT molecular complexity index is 1160. The molecule has 2 N–H and O–H groups in total. The molecule has 0 aliphatic carbocycles. The van der Waals surface area contributed by atoms with Gasteiger partial charge in [0.25, 0.3) is 5.91 Å². The third-order valence-corrected chi connectivity index (χ3v) is 5.99. The van der Waals surface area contributed by atoms with Gasteiger partial charge in [-0.2, -0.15) is 0 Å². The van der Waals surface area contributed by atoms with Crippen LogP contribution in [0.25, 0.3) is 11.1 Å². The predicted octanol–water partition coefficient (Wildman–Crippen LogP) is 4.49. The van der Waals surface area contributed by atoms with Gasteiger partial charge in [-0.25, -0.2) is 9.37 Å². The molecule has 2 aromatic heterocycles. The second kappa shape index (κ2) is 8.92. The number of pyridine rings is 1. The molecular weight excluding hydrogens is 431 g/mol. The van der Waals surface area contributed by atoms with Crippen molar-refractivity contribution in [3.8, 4) is 11.1 Å². The highest BCUT2D eigenvalue weighted by molar-refractivity contribution is 6.33. The van der Waals surface area contributed by atoms with Gasteiger partial charge in [-0.05, 0) is 56.2 Å². The van der Waals surface area contributed by atoms with Crippen LogP contribution in [0.2, 0.25) is 5.02 Å². The number of nitrogens with one attached hydrogen (secondary N) is 1. The highest BCUT2D eigenvalue weighted by Gasteiger charge is 2.33. The summed E-state index contributed by atoms with van der Waals surface area (Å²) in [6, 6.07) is 8.01. The molecule has 1 aliphatic rings. The average Bonchev–Trinajstić information content (AvgIpc) is 3.17. The molecule has 1 aromatic carbocycles. The lowest BCUT2D eigenvalue weighted by Gasteiger charge is -2.36. The van der Waals surface area contributed by atoms with Gasteiger partial charge < -0.3 is 19.9 Å². The molecule has 0 radical (unpaired) electrons. The number of carbonyl (C=O) groups excluding carboxylic acids is 1. The van der Waals surface area contributed by atoms with E-state index in [9.17, 15) is 14.3 Å². The molecule has 8 heteroatoms. The Kier molecular flexibility index (Phi) is 6.22. The number of hydrogen-bond donors (Lipinski definition) is 2. The first-order chi connectivity index (χ1) is 15.3. The van der Waals surface area contributed by atoms with Crippen LogP contribution in [0, 0.1) is 12.7 Å². The van der Waals surface area contributed by atoms with E-state index in [2.05, 4.69) is 10.3 Å². The van der Waals surface area contributed by atoms with Crippen molar-refractivity contribution in [3.63, 3.8) is 0 Å². The lowest BCUT2D eigenvalue weighted by Crippen LogP contribution is -2.49. The van der Waals surface area contributed by atoms with Crippen LogP contribution >= 0.6 is 11.6 Å². The Balaban J connectivity index is 1.68. The summed E-state index contributed by atoms with van der Waals surface area (Å²) in [5.74, 6) is 0.140. The minimum Gasteiger partial charge on any atom is -0.394 e. The molecule has 0 saturated carbocycles. The number of amides is 1. The van der Waals surface area contributed by atoms with Crippen molar-refractivity contribution in [2.24, 2.45) is 0 Å². The van der Waals surface area contributed by atoms with Crippen LogP contribution in [0.1, 0.15) is 35.5 Å². The minimum atomic E-state index is -0.413.